The average Bonchev–Trinajstić information content (AvgIpc) is 2.45. The largest absolute Gasteiger partial charge is 0.384 e. The van der Waals surface area contributed by atoms with Crippen LogP contribution in [-0.2, 0) is 11.2 Å². The van der Waals surface area contributed by atoms with Crippen LogP contribution in [0.4, 0.5) is 0 Å². The van der Waals surface area contributed by atoms with Gasteiger partial charge in [-0.15, -0.1) is 0 Å². The molecule has 1 atom stereocenters. The van der Waals surface area contributed by atoms with Crippen molar-refractivity contribution in [1.29, 1.82) is 0 Å². The molecular weight excluding hydrogens is 316 g/mol. The van der Waals surface area contributed by atoms with Gasteiger partial charge in [-0.1, -0.05) is 52.3 Å². The molecule has 0 saturated carbocycles. The highest BCUT2D eigenvalue weighted by Crippen LogP contribution is 2.29. The van der Waals surface area contributed by atoms with Crippen LogP contribution in [0, 0.1) is 6.92 Å². The fraction of sp³-hybridized carbons (Fsp3) is 0.294. The van der Waals surface area contributed by atoms with E-state index in [9.17, 15) is 5.11 Å². The Bertz CT molecular complexity index is 564. The Morgan fingerprint density at radius 1 is 1.15 bits per heavy atom. The predicted octanol–water partition coefficient (Wildman–Crippen LogP) is 4.03. The van der Waals surface area contributed by atoms with Gasteiger partial charge in [0.15, 0.2) is 0 Å². The number of rotatable bonds is 5. The molecule has 0 aliphatic heterocycles. The zero-order valence-electron chi connectivity index (χ0n) is 11.8. The Labute approximate surface area is 128 Å². The fourth-order valence-corrected chi connectivity index (χ4v) is 2.83. The van der Waals surface area contributed by atoms with Crippen LogP contribution in [-0.4, -0.2) is 18.8 Å². The number of aliphatic hydroxyl groups excluding tert-OH is 1. The van der Waals surface area contributed by atoms with Crippen molar-refractivity contribution in [3.8, 4) is 0 Å². The van der Waals surface area contributed by atoms with E-state index in [-0.39, 0.29) is 0 Å². The van der Waals surface area contributed by atoms with Crippen molar-refractivity contribution in [2.45, 2.75) is 19.4 Å². The standard InChI is InChI=1S/C17H19BrO2/c1-12-3-8-15(16(18)11-12)17(19)14-6-4-13(5-7-14)9-10-20-2/h3-8,11,17,19H,9-10H2,1-2H3. The first-order chi connectivity index (χ1) is 9.61. The summed E-state index contributed by atoms with van der Waals surface area (Å²) in [5.41, 5.74) is 4.17. The van der Waals surface area contributed by atoms with E-state index in [1.165, 1.54) is 11.1 Å². The lowest BCUT2D eigenvalue weighted by Gasteiger charge is -2.14. The van der Waals surface area contributed by atoms with Gasteiger partial charge in [-0.3, -0.25) is 0 Å². The predicted molar refractivity (Wildman–Crippen MR) is 85.0 cm³/mol. The number of benzene rings is 2. The van der Waals surface area contributed by atoms with Gasteiger partial charge in [-0.2, -0.15) is 0 Å². The SMILES string of the molecule is COCCc1ccc(C(O)c2ccc(C)cc2Br)cc1. The molecule has 0 radical (unpaired) electrons. The first-order valence-electron chi connectivity index (χ1n) is 6.63. The van der Waals surface area contributed by atoms with Gasteiger partial charge in [0.25, 0.3) is 0 Å². The number of aryl methyl sites for hydroxylation is 1. The van der Waals surface area contributed by atoms with Gasteiger partial charge < -0.3 is 9.84 Å². The molecule has 0 spiro atoms. The van der Waals surface area contributed by atoms with E-state index in [2.05, 4.69) is 15.9 Å². The summed E-state index contributed by atoms with van der Waals surface area (Å²) < 4.78 is 6.00. The third kappa shape index (κ3) is 3.69. The van der Waals surface area contributed by atoms with E-state index in [0.29, 0.717) is 6.61 Å². The molecule has 2 aromatic rings. The van der Waals surface area contributed by atoms with Crippen LogP contribution in [0.2, 0.25) is 0 Å². The molecule has 0 saturated heterocycles. The Morgan fingerprint density at radius 3 is 2.45 bits per heavy atom. The minimum atomic E-state index is -0.610. The summed E-state index contributed by atoms with van der Waals surface area (Å²) in [6.45, 7) is 2.75. The van der Waals surface area contributed by atoms with Crippen LogP contribution in [0.25, 0.3) is 0 Å². The van der Waals surface area contributed by atoms with Crippen LogP contribution in [0.1, 0.15) is 28.4 Å². The summed E-state index contributed by atoms with van der Waals surface area (Å²) in [5, 5.41) is 10.5. The van der Waals surface area contributed by atoms with E-state index in [4.69, 9.17) is 4.74 Å². The van der Waals surface area contributed by atoms with Gasteiger partial charge in [0.1, 0.15) is 6.10 Å². The second-order valence-corrected chi connectivity index (χ2v) is 5.77. The number of methoxy groups -OCH3 is 1. The molecule has 2 nitrogen and oxygen atoms in total. The van der Waals surface area contributed by atoms with Gasteiger partial charge in [-0.05, 0) is 41.7 Å². The molecule has 2 aromatic carbocycles. The van der Waals surface area contributed by atoms with Crippen molar-refractivity contribution in [1.82, 2.24) is 0 Å². The molecule has 0 bridgehead atoms. The number of aliphatic hydroxyl groups is 1. The van der Waals surface area contributed by atoms with Gasteiger partial charge in [0, 0.05) is 11.6 Å². The quantitative estimate of drug-likeness (QED) is 0.894. The van der Waals surface area contributed by atoms with Gasteiger partial charge >= 0.3 is 0 Å². The number of hydrogen-bond donors (Lipinski definition) is 1. The number of ether oxygens (including phenoxy) is 1. The van der Waals surface area contributed by atoms with E-state index in [1.807, 2.05) is 49.4 Å². The van der Waals surface area contributed by atoms with Crippen molar-refractivity contribution >= 4 is 15.9 Å². The molecular formula is C17H19BrO2. The molecule has 0 aliphatic carbocycles. The first-order valence-corrected chi connectivity index (χ1v) is 7.43. The Hall–Kier alpha value is -1.16. The maximum absolute atomic E-state index is 10.5. The minimum Gasteiger partial charge on any atom is -0.384 e. The Kier molecular flexibility index (Phi) is 5.35. The second kappa shape index (κ2) is 7.02. The molecule has 0 heterocycles. The lowest BCUT2D eigenvalue weighted by Crippen LogP contribution is -2.02. The van der Waals surface area contributed by atoms with Crippen molar-refractivity contribution in [3.63, 3.8) is 0 Å². The smallest absolute Gasteiger partial charge is 0.105 e. The molecule has 1 N–H and O–H groups in total. The molecule has 1 unspecified atom stereocenters. The number of hydrogen-bond acceptors (Lipinski definition) is 2. The molecule has 0 aromatic heterocycles. The zero-order valence-corrected chi connectivity index (χ0v) is 13.4. The lowest BCUT2D eigenvalue weighted by molar-refractivity contribution is 0.202. The van der Waals surface area contributed by atoms with Crippen molar-refractivity contribution in [2.24, 2.45) is 0 Å². The maximum atomic E-state index is 10.5. The van der Waals surface area contributed by atoms with Crippen LogP contribution in [0.15, 0.2) is 46.9 Å². The fourth-order valence-electron chi connectivity index (χ4n) is 2.12. The summed E-state index contributed by atoms with van der Waals surface area (Å²) >= 11 is 3.52. The Morgan fingerprint density at radius 2 is 1.85 bits per heavy atom. The third-order valence-corrected chi connectivity index (χ3v) is 4.03. The van der Waals surface area contributed by atoms with E-state index >= 15 is 0 Å². The minimum absolute atomic E-state index is 0.610. The molecule has 106 valence electrons. The monoisotopic (exact) mass is 334 g/mol. The highest BCUT2D eigenvalue weighted by molar-refractivity contribution is 9.10. The zero-order chi connectivity index (χ0) is 14.5. The summed E-state index contributed by atoms with van der Waals surface area (Å²) in [6.07, 6.45) is 0.280. The second-order valence-electron chi connectivity index (χ2n) is 4.91. The highest BCUT2D eigenvalue weighted by atomic mass is 79.9. The van der Waals surface area contributed by atoms with E-state index in [0.717, 1.165) is 22.0 Å². The van der Waals surface area contributed by atoms with Crippen LogP contribution >= 0.6 is 15.9 Å². The van der Waals surface area contributed by atoms with Gasteiger partial charge in [0.2, 0.25) is 0 Å². The normalized spacial score (nSPS) is 12.4. The summed E-state index contributed by atoms with van der Waals surface area (Å²) in [4.78, 5) is 0. The summed E-state index contributed by atoms with van der Waals surface area (Å²) in [5.74, 6) is 0. The first kappa shape index (κ1) is 15.2. The maximum Gasteiger partial charge on any atom is 0.105 e. The number of halogens is 1. The summed E-state index contributed by atoms with van der Waals surface area (Å²) in [6, 6.07) is 14.0. The lowest BCUT2D eigenvalue weighted by atomic mass is 9.99. The molecule has 0 fully saturated rings. The van der Waals surface area contributed by atoms with Gasteiger partial charge in [-0.25, -0.2) is 0 Å². The van der Waals surface area contributed by atoms with Crippen molar-refractivity contribution in [3.05, 3.63) is 69.2 Å². The van der Waals surface area contributed by atoms with Crippen molar-refractivity contribution in [2.75, 3.05) is 13.7 Å². The molecule has 0 aliphatic rings. The molecule has 20 heavy (non-hydrogen) atoms. The van der Waals surface area contributed by atoms with E-state index in [1.54, 1.807) is 7.11 Å². The highest BCUT2D eigenvalue weighted by Gasteiger charge is 2.13. The topological polar surface area (TPSA) is 29.5 Å². The summed E-state index contributed by atoms with van der Waals surface area (Å²) in [7, 11) is 1.70. The van der Waals surface area contributed by atoms with Crippen LogP contribution < -0.4 is 0 Å². The third-order valence-electron chi connectivity index (χ3n) is 3.34. The molecule has 3 heteroatoms. The average molecular weight is 335 g/mol. The van der Waals surface area contributed by atoms with Crippen molar-refractivity contribution < 1.29 is 9.84 Å². The van der Waals surface area contributed by atoms with E-state index < -0.39 is 6.10 Å². The van der Waals surface area contributed by atoms with Gasteiger partial charge in [0.05, 0.1) is 6.61 Å². The van der Waals surface area contributed by atoms with Crippen LogP contribution in [0.5, 0.6) is 0 Å². The molecule has 2 rings (SSSR count). The molecule has 0 amide bonds. The van der Waals surface area contributed by atoms with Crippen LogP contribution in [0.3, 0.4) is 0 Å². The Balaban J connectivity index is 2.18.